The Morgan fingerprint density at radius 3 is 1.60 bits per heavy atom. The van der Waals surface area contributed by atoms with E-state index in [2.05, 4.69) is 60.0 Å². The molecular formula is C11H14FeO3. The summed E-state index contributed by atoms with van der Waals surface area (Å²) in [5, 5.41) is 0. The van der Waals surface area contributed by atoms with Gasteiger partial charge in [0.2, 0.25) is 0 Å². The van der Waals surface area contributed by atoms with Gasteiger partial charge in [0.1, 0.15) is 0 Å². The summed E-state index contributed by atoms with van der Waals surface area (Å²) in [6.45, 7) is 19.8. The minimum atomic E-state index is 0. The molecule has 0 aliphatic heterocycles. The summed E-state index contributed by atoms with van der Waals surface area (Å²) >= 11 is 0. The number of rotatable bonds is 4. The summed E-state index contributed by atoms with van der Waals surface area (Å²) in [6.07, 6.45) is 7.53. The van der Waals surface area contributed by atoms with Crippen LogP contribution in [0, 0.1) is 45.1 Å². The Hall–Kier alpha value is -0.261. The van der Waals surface area contributed by atoms with Crippen molar-refractivity contribution in [3.8, 4) is 0 Å². The number of hydrogen-bond donors (Lipinski definition) is 0. The number of unbranched alkanes of at least 4 members (excludes halogenated alkanes) is 1. The molecule has 4 radical (unpaired) electrons. The first-order valence-electron chi connectivity index (χ1n) is 3.72. The van der Waals surface area contributed by atoms with Crippen LogP contribution in [0.25, 0.3) is 0 Å². The quantitative estimate of drug-likeness (QED) is 0.418. The second kappa shape index (κ2) is 49.1. The van der Waals surface area contributed by atoms with Crippen molar-refractivity contribution in [1.82, 2.24) is 0 Å². The summed E-state index contributed by atoms with van der Waals surface area (Å²) in [5.74, 6) is 1.34. The van der Waals surface area contributed by atoms with Gasteiger partial charge in [-0.15, -0.1) is 0 Å². The summed E-state index contributed by atoms with van der Waals surface area (Å²) < 4.78 is 22.5. The molecule has 0 amide bonds. The van der Waals surface area contributed by atoms with Gasteiger partial charge in [-0.25, -0.2) is 0 Å². The van der Waals surface area contributed by atoms with Gasteiger partial charge < -0.3 is 0 Å². The van der Waals surface area contributed by atoms with E-state index in [0.29, 0.717) is 0 Å². The number of hydrogen-bond acceptors (Lipinski definition) is 0. The molecular weight excluding hydrogens is 236 g/mol. The Kier molecular flexibility index (Phi) is 96.0. The van der Waals surface area contributed by atoms with Gasteiger partial charge in [-0.1, -0.05) is 27.2 Å². The normalized spacial score (nSPS) is 6.00. The summed E-state index contributed by atoms with van der Waals surface area (Å²) in [7, 11) is 0. The van der Waals surface area contributed by atoms with E-state index >= 15 is 0 Å². The molecule has 84 valence electrons. The van der Waals surface area contributed by atoms with E-state index in [-0.39, 0.29) is 17.1 Å². The topological polar surface area (TPSA) is 59.7 Å². The molecule has 0 aromatic carbocycles. The predicted octanol–water partition coefficient (Wildman–Crippen LogP) is 2.51. The van der Waals surface area contributed by atoms with Crippen molar-refractivity contribution in [2.24, 2.45) is 0 Å². The summed E-state index contributed by atoms with van der Waals surface area (Å²) in [5.41, 5.74) is 0. The fourth-order valence-electron chi connectivity index (χ4n) is 0.400. The van der Waals surface area contributed by atoms with Gasteiger partial charge >= 0.3 is 33.9 Å². The maximum atomic E-state index is 7.50. The SMILES string of the molecule is C[CH][C](C)[CH][CH]CC.[C-]#[O+].[C-]#[O+].[C-]#[O+].[Fe]. The van der Waals surface area contributed by atoms with Crippen LogP contribution in [0.15, 0.2) is 0 Å². The van der Waals surface area contributed by atoms with Crippen LogP contribution < -0.4 is 0 Å². The third-order valence-electron chi connectivity index (χ3n) is 1.07. The summed E-state index contributed by atoms with van der Waals surface area (Å²) in [4.78, 5) is 0. The zero-order chi connectivity index (χ0) is 12.4. The zero-order valence-electron chi connectivity index (χ0n) is 9.02. The van der Waals surface area contributed by atoms with Crippen molar-refractivity contribution in [1.29, 1.82) is 0 Å². The molecule has 0 N–H and O–H groups in total. The van der Waals surface area contributed by atoms with Crippen LogP contribution in [0.1, 0.15) is 27.2 Å². The molecule has 4 heteroatoms. The van der Waals surface area contributed by atoms with Crippen molar-refractivity contribution in [2.45, 2.75) is 27.2 Å². The first kappa shape index (κ1) is 29.3. The zero-order valence-corrected chi connectivity index (χ0v) is 10.1. The third-order valence-corrected chi connectivity index (χ3v) is 1.07. The average molecular weight is 250 g/mol. The van der Waals surface area contributed by atoms with E-state index in [0.717, 1.165) is 6.42 Å². The molecule has 0 saturated heterocycles. The van der Waals surface area contributed by atoms with Gasteiger partial charge in [0, 0.05) is 17.1 Å². The van der Waals surface area contributed by atoms with Gasteiger partial charge in [0.05, 0.1) is 0 Å². The van der Waals surface area contributed by atoms with Gasteiger partial charge in [-0.2, -0.15) is 0 Å². The van der Waals surface area contributed by atoms with Crippen LogP contribution in [-0.4, -0.2) is 0 Å². The smallest absolute Gasteiger partial charge is 0 e. The molecule has 0 spiro atoms. The standard InChI is InChI=1S/C8H14.3CO.Fe/c1-4-6-7-8(3)5-2;3*1-2;/h5-7H,4H2,1-3H3;;;;. The van der Waals surface area contributed by atoms with Crippen LogP contribution in [0.4, 0.5) is 0 Å². The molecule has 0 aliphatic carbocycles. The minimum absolute atomic E-state index is 0. The molecule has 0 bridgehead atoms. The maximum absolute atomic E-state index is 7.50. The van der Waals surface area contributed by atoms with Crippen molar-refractivity contribution in [3.05, 3.63) is 45.1 Å². The first-order chi connectivity index (χ1) is 6.81. The third kappa shape index (κ3) is 57.5. The largest absolute Gasteiger partial charge is 0 e. The summed E-state index contributed by atoms with van der Waals surface area (Å²) in [6, 6.07) is 0. The van der Waals surface area contributed by atoms with Gasteiger partial charge in [-0.3, -0.25) is 0 Å². The van der Waals surface area contributed by atoms with Crippen molar-refractivity contribution in [3.63, 3.8) is 0 Å². The molecule has 0 atom stereocenters. The van der Waals surface area contributed by atoms with E-state index in [1.54, 1.807) is 0 Å². The molecule has 0 heterocycles. The molecule has 0 aliphatic rings. The van der Waals surface area contributed by atoms with Crippen LogP contribution in [0.2, 0.25) is 0 Å². The predicted molar refractivity (Wildman–Crippen MR) is 49.6 cm³/mol. The molecule has 0 unspecified atom stereocenters. The van der Waals surface area contributed by atoms with Gasteiger partial charge in [0.15, 0.2) is 0 Å². The van der Waals surface area contributed by atoms with Crippen molar-refractivity contribution in [2.75, 3.05) is 0 Å². The Balaban J connectivity index is -0.0000000410. The van der Waals surface area contributed by atoms with Crippen molar-refractivity contribution >= 4 is 0 Å². The van der Waals surface area contributed by atoms with E-state index in [1.165, 1.54) is 5.92 Å². The van der Waals surface area contributed by atoms with E-state index in [9.17, 15) is 0 Å². The monoisotopic (exact) mass is 250 g/mol. The van der Waals surface area contributed by atoms with Crippen molar-refractivity contribution < 1.29 is 31.0 Å². The van der Waals surface area contributed by atoms with Crippen LogP contribution in [0.5, 0.6) is 0 Å². The fourth-order valence-corrected chi connectivity index (χ4v) is 0.400. The molecule has 0 fully saturated rings. The Morgan fingerprint density at radius 2 is 1.40 bits per heavy atom. The van der Waals surface area contributed by atoms with E-state index in [1.807, 2.05) is 0 Å². The molecule has 0 rings (SSSR count). The second-order valence-electron chi connectivity index (χ2n) is 1.84. The molecule has 3 nitrogen and oxygen atoms in total. The molecule has 0 aromatic heterocycles. The van der Waals surface area contributed by atoms with Crippen LogP contribution in [-0.2, 0) is 31.0 Å². The van der Waals surface area contributed by atoms with E-state index in [4.69, 9.17) is 14.0 Å². The molecule has 15 heavy (non-hydrogen) atoms. The molecule has 0 saturated carbocycles. The van der Waals surface area contributed by atoms with E-state index < -0.39 is 0 Å². The Labute approximate surface area is 104 Å². The van der Waals surface area contributed by atoms with Gasteiger partial charge in [0.25, 0.3) is 0 Å². The van der Waals surface area contributed by atoms with Crippen LogP contribution in [0.3, 0.4) is 0 Å². The fraction of sp³-hybridized carbons (Fsp3) is 0.364. The average Bonchev–Trinajstić information content (AvgIpc) is 2.33. The van der Waals surface area contributed by atoms with Crippen LogP contribution >= 0.6 is 0 Å². The Morgan fingerprint density at radius 1 is 1.07 bits per heavy atom. The second-order valence-corrected chi connectivity index (χ2v) is 1.84. The molecule has 0 aromatic rings. The first-order valence-corrected chi connectivity index (χ1v) is 3.72. The van der Waals surface area contributed by atoms with Gasteiger partial charge in [-0.05, 0) is 25.2 Å². The maximum Gasteiger partial charge on any atom is 0 e. The minimum Gasteiger partial charge on any atom is 0 e. The Bertz CT molecular complexity index is 115.